The highest BCUT2D eigenvalue weighted by molar-refractivity contribution is 5.65. The Morgan fingerprint density at radius 2 is 1.78 bits per heavy atom. The van der Waals surface area contributed by atoms with Crippen LogP contribution in [0, 0.1) is 0 Å². The number of hydrogen-bond donors (Lipinski definition) is 1. The summed E-state index contributed by atoms with van der Waals surface area (Å²) < 4.78 is 0. The van der Waals surface area contributed by atoms with Gasteiger partial charge in [-0.15, -0.1) is 0 Å². The molecule has 0 saturated carbocycles. The average molecular weight is 305 g/mol. The molecule has 2 aromatic rings. The first kappa shape index (κ1) is 16.7. The second-order valence-corrected chi connectivity index (χ2v) is 5.62. The smallest absolute Gasteiger partial charge is 0.0407 e. The quantitative estimate of drug-likeness (QED) is 0.775. The van der Waals surface area contributed by atoms with Crippen molar-refractivity contribution >= 4 is 5.57 Å². The first-order valence-corrected chi connectivity index (χ1v) is 7.69. The van der Waals surface area contributed by atoms with Gasteiger partial charge in [0, 0.05) is 35.2 Å². The van der Waals surface area contributed by atoms with E-state index in [1.54, 1.807) is 0 Å². The Labute approximate surface area is 138 Å². The highest BCUT2D eigenvalue weighted by Gasteiger charge is 2.01. The molecule has 0 aliphatic carbocycles. The van der Waals surface area contributed by atoms with Crippen molar-refractivity contribution < 1.29 is 0 Å². The van der Waals surface area contributed by atoms with E-state index < -0.39 is 0 Å². The molecule has 0 radical (unpaired) electrons. The SMILES string of the molecule is C=C(C)NC(=C)/C=C(\C)c1ccc(CCc2ccccn2)nc1. The highest BCUT2D eigenvalue weighted by atomic mass is 14.9. The maximum atomic E-state index is 4.55. The molecule has 0 bridgehead atoms. The molecule has 0 saturated heterocycles. The molecule has 3 nitrogen and oxygen atoms in total. The van der Waals surface area contributed by atoms with Crippen LogP contribution in [-0.4, -0.2) is 9.97 Å². The van der Waals surface area contributed by atoms with Gasteiger partial charge < -0.3 is 5.32 Å². The largest absolute Gasteiger partial charge is 0.360 e. The summed E-state index contributed by atoms with van der Waals surface area (Å²) in [5.74, 6) is 0. The lowest BCUT2D eigenvalue weighted by molar-refractivity contribution is 0.879. The fourth-order valence-corrected chi connectivity index (χ4v) is 2.26. The number of hydrogen-bond acceptors (Lipinski definition) is 3. The Bertz CT molecular complexity index is 697. The van der Waals surface area contributed by atoms with Crippen LogP contribution in [0.2, 0.25) is 0 Å². The van der Waals surface area contributed by atoms with E-state index in [-0.39, 0.29) is 0 Å². The third kappa shape index (κ3) is 5.55. The second kappa shape index (κ2) is 8.08. The van der Waals surface area contributed by atoms with Crippen molar-refractivity contribution in [3.05, 3.63) is 90.3 Å². The van der Waals surface area contributed by atoms with Gasteiger partial charge in [-0.05, 0) is 62.1 Å². The molecule has 0 aliphatic heterocycles. The molecule has 0 aromatic carbocycles. The number of nitrogens with zero attached hydrogens (tertiary/aromatic N) is 2. The minimum Gasteiger partial charge on any atom is -0.360 e. The van der Waals surface area contributed by atoms with Gasteiger partial charge in [0.1, 0.15) is 0 Å². The minimum absolute atomic E-state index is 0.828. The zero-order valence-electron chi connectivity index (χ0n) is 13.8. The van der Waals surface area contributed by atoms with Crippen molar-refractivity contribution in [1.82, 2.24) is 15.3 Å². The molecule has 2 rings (SSSR count). The van der Waals surface area contributed by atoms with Crippen LogP contribution in [-0.2, 0) is 12.8 Å². The topological polar surface area (TPSA) is 37.8 Å². The number of aryl methyl sites for hydroxylation is 2. The van der Waals surface area contributed by atoms with Crippen LogP contribution in [0.15, 0.2) is 73.4 Å². The summed E-state index contributed by atoms with van der Waals surface area (Å²) in [5, 5.41) is 3.10. The van der Waals surface area contributed by atoms with E-state index in [2.05, 4.69) is 47.5 Å². The summed E-state index contributed by atoms with van der Waals surface area (Å²) in [6, 6.07) is 10.2. The zero-order chi connectivity index (χ0) is 16.7. The number of pyridine rings is 2. The van der Waals surface area contributed by atoms with E-state index in [0.29, 0.717) is 0 Å². The summed E-state index contributed by atoms with van der Waals surface area (Å²) in [6.45, 7) is 11.7. The third-order valence-electron chi connectivity index (χ3n) is 3.41. The molecule has 0 fully saturated rings. The van der Waals surface area contributed by atoms with E-state index in [1.165, 1.54) is 0 Å². The standard InChI is InChI=1S/C20H23N3/c1-15(2)23-17(4)13-16(3)18-8-9-20(22-14-18)11-10-19-7-5-6-12-21-19/h5-9,12-14,23H,1,4,10-11H2,2-3H3/b16-13+. The Balaban J connectivity index is 1.97. The van der Waals surface area contributed by atoms with E-state index >= 15 is 0 Å². The van der Waals surface area contributed by atoms with E-state index in [0.717, 1.165) is 46.8 Å². The molecule has 0 atom stereocenters. The molecule has 2 heterocycles. The van der Waals surface area contributed by atoms with Crippen molar-refractivity contribution in [1.29, 1.82) is 0 Å². The van der Waals surface area contributed by atoms with Gasteiger partial charge in [-0.25, -0.2) is 0 Å². The molecule has 0 aliphatic rings. The van der Waals surface area contributed by atoms with Crippen LogP contribution in [0.4, 0.5) is 0 Å². The number of rotatable bonds is 7. The minimum atomic E-state index is 0.828. The molecule has 3 heteroatoms. The van der Waals surface area contributed by atoms with Crippen LogP contribution < -0.4 is 5.32 Å². The van der Waals surface area contributed by atoms with Crippen molar-refractivity contribution in [3.8, 4) is 0 Å². The predicted octanol–water partition coefficient (Wildman–Crippen LogP) is 4.30. The van der Waals surface area contributed by atoms with E-state index in [4.69, 9.17) is 0 Å². The number of nitrogens with one attached hydrogen (secondary N) is 1. The van der Waals surface area contributed by atoms with Crippen molar-refractivity contribution in [2.24, 2.45) is 0 Å². The van der Waals surface area contributed by atoms with Crippen LogP contribution in [0.3, 0.4) is 0 Å². The molecular weight excluding hydrogens is 282 g/mol. The van der Waals surface area contributed by atoms with E-state index in [1.807, 2.05) is 43.6 Å². The van der Waals surface area contributed by atoms with Gasteiger partial charge in [0.2, 0.25) is 0 Å². The number of aromatic nitrogens is 2. The lowest BCUT2D eigenvalue weighted by Crippen LogP contribution is -2.06. The maximum absolute atomic E-state index is 4.55. The van der Waals surface area contributed by atoms with Gasteiger partial charge in [0.25, 0.3) is 0 Å². The lowest BCUT2D eigenvalue weighted by atomic mass is 10.1. The molecule has 0 spiro atoms. The number of allylic oxidation sites excluding steroid dienone is 3. The van der Waals surface area contributed by atoms with Gasteiger partial charge in [-0.2, -0.15) is 0 Å². The van der Waals surface area contributed by atoms with E-state index in [9.17, 15) is 0 Å². The Kier molecular flexibility index (Phi) is 5.87. The van der Waals surface area contributed by atoms with Crippen molar-refractivity contribution in [3.63, 3.8) is 0 Å². The molecular formula is C20H23N3. The van der Waals surface area contributed by atoms with Gasteiger partial charge in [0.05, 0.1) is 0 Å². The fourth-order valence-electron chi connectivity index (χ4n) is 2.26. The molecule has 118 valence electrons. The zero-order valence-corrected chi connectivity index (χ0v) is 13.8. The van der Waals surface area contributed by atoms with Gasteiger partial charge in [-0.3, -0.25) is 9.97 Å². The van der Waals surface area contributed by atoms with Crippen molar-refractivity contribution in [2.45, 2.75) is 26.7 Å². The third-order valence-corrected chi connectivity index (χ3v) is 3.41. The fraction of sp³-hybridized carbons (Fsp3) is 0.200. The molecule has 2 aromatic heterocycles. The second-order valence-electron chi connectivity index (χ2n) is 5.62. The van der Waals surface area contributed by atoms with Crippen LogP contribution in [0.25, 0.3) is 5.57 Å². The molecule has 0 amide bonds. The van der Waals surface area contributed by atoms with Crippen LogP contribution in [0.1, 0.15) is 30.8 Å². The summed E-state index contributed by atoms with van der Waals surface area (Å²) in [5.41, 5.74) is 6.09. The molecule has 1 N–H and O–H groups in total. The summed E-state index contributed by atoms with van der Waals surface area (Å²) in [4.78, 5) is 8.88. The van der Waals surface area contributed by atoms with Gasteiger partial charge >= 0.3 is 0 Å². The van der Waals surface area contributed by atoms with Gasteiger partial charge in [0.15, 0.2) is 0 Å². The van der Waals surface area contributed by atoms with Crippen LogP contribution >= 0.6 is 0 Å². The normalized spacial score (nSPS) is 11.1. The summed E-state index contributed by atoms with van der Waals surface area (Å²) in [7, 11) is 0. The first-order chi connectivity index (χ1) is 11.0. The van der Waals surface area contributed by atoms with Gasteiger partial charge in [-0.1, -0.05) is 25.3 Å². The van der Waals surface area contributed by atoms with Crippen molar-refractivity contribution in [2.75, 3.05) is 0 Å². The molecule has 23 heavy (non-hydrogen) atoms. The Morgan fingerprint density at radius 3 is 2.35 bits per heavy atom. The highest BCUT2D eigenvalue weighted by Crippen LogP contribution is 2.15. The molecule has 0 unspecified atom stereocenters. The monoisotopic (exact) mass is 305 g/mol. The first-order valence-electron chi connectivity index (χ1n) is 7.69. The lowest BCUT2D eigenvalue weighted by Gasteiger charge is -2.07. The maximum Gasteiger partial charge on any atom is 0.0407 e. The average Bonchev–Trinajstić information content (AvgIpc) is 2.53. The van der Waals surface area contributed by atoms with Crippen LogP contribution in [0.5, 0.6) is 0 Å². The predicted molar refractivity (Wildman–Crippen MR) is 96.6 cm³/mol. The Morgan fingerprint density at radius 1 is 1.04 bits per heavy atom. The summed E-state index contributed by atoms with van der Waals surface area (Å²) in [6.07, 6.45) is 7.53. The Hall–Kier alpha value is -2.68. The summed E-state index contributed by atoms with van der Waals surface area (Å²) >= 11 is 0.